The first-order valence-corrected chi connectivity index (χ1v) is 6.74. The highest BCUT2D eigenvalue weighted by Crippen LogP contribution is 2.23. The van der Waals surface area contributed by atoms with E-state index in [9.17, 15) is 0 Å². The maximum atomic E-state index is 4.74. The molecule has 4 heteroatoms. The van der Waals surface area contributed by atoms with Crippen LogP contribution in [0, 0.1) is 5.92 Å². The molecule has 1 unspecified atom stereocenters. The number of aromatic nitrogens is 2. The predicted molar refractivity (Wildman–Crippen MR) is 71.5 cm³/mol. The zero-order chi connectivity index (χ0) is 12.3. The van der Waals surface area contributed by atoms with Crippen LogP contribution in [0.1, 0.15) is 26.0 Å². The Bertz CT molecular complexity index is 358. The van der Waals surface area contributed by atoms with Crippen LogP contribution in [0.25, 0.3) is 0 Å². The summed E-state index contributed by atoms with van der Waals surface area (Å²) in [5.41, 5.74) is 1.21. The number of nitrogens with one attached hydrogen (secondary N) is 1. The van der Waals surface area contributed by atoms with E-state index in [1.54, 1.807) is 0 Å². The third kappa shape index (κ3) is 2.63. The quantitative estimate of drug-likeness (QED) is 0.841. The van der Waals surface area contributed by atoms with Gasteiger partial charge in [-0.25, -0.2) is 4.98 Å². The van der Waals surface area contributed by atoms with Crippen LogP contribution in [0.2, 0.25) is 0 Å². The van der Waals surface area contributed by atoms with Crippen molar-refractivity contribution in [2.75, 3.05) is 31.6 Å². The molecule has 96 valence electrons. The Kier molecular flexibility index (Phi) is 4.05. The van der Waals surface area contributed by atoms with Crippen molar-refractivity contribution in [2.45, 2.75) is 33.2 Å². The lowest BCUT2D eigenvalue weighted by atomic mass is 10.1. The number of nitrogens with zero attached hydrogens (tertiary/aromatic N) is 3. The van der Waals surface area contributed by atoms with Gasteiger partial charge in [-0.3, -0.25) is 0 Å². The van der Waals surface area contributed by atoms with Gasteiger partial charge in [0.15, 0.2) is 0 Å². The van der Waals surface area contributed by atoms with Crippen LogP contribution in [0.5, 0.6) is 0 Å². The van der Waals surface area contributed by atoms with Crippen molar-refractivity contribution in [3.05, 3.63) is 11.9 Å². The maximum Gasteiger partial charge on any atom is 0.205 e. The minimum absolute atomic E-state index is 0.770. The topological polar surface area (TPSA) is 33.1 Å². The molecule has 1 fully saturated rings. The summed E-state index contributed by atoms with van der Waals surface area (Å²) in [5.74, 6) is 1.94. The zero-order valence-corrected chi connectivity index (χ0v) is 11.2. The standard InChI is InChI=1S/C13H24N4/c1-4-12-10-16(5-2)13(15-12)17-7-6-11(9-17)8-14-3/h10-11,14H,4-9H2,1-3H3. The third-order valence-corrected chi connectivity index (χ3v) is 3.57. The molecule has 4 nitrogen and oxygen atoms in total. The van der Waals surface area contributed by atoms with E-state index >= 15 is 0 Å². The summed E-state index contributed by atoms with van der Waals surface area (Å²) in [7, 11) is 2.03. The van der Waals surface area contributed by atoms with E-state index in [2.05, 4.69) is 34.8 Å². The number of hydrogen-bond acceptors (Lipinski definition) is 3. The van der Waals surface area contributed by atoms with Crippen molar-refractivity contribution < 1.29 is 0 Å². The van der Waals surface area contributed by atoms with Crippen molar-refractivity contribution in [1.29, 1.82) is 0 Å². The Morgan fingerprint density at radius 1 is 1.47 bits per heavy atom. The lowest BCUT2D eigenvalue weighted by Crippen LogP contribution is -2.26. The Labute approximate surface area is 104 Å². The molecule has 0 bridgehead atoms. The fraction of sp³-hybridized carbons (Fsp3) is 0.769. The molecule has 0 radical (unpaired) electrons. The van der Waals surface area contributed by atoms with Crippen molar-refractivity contribution in [3.63, 3.8) is 0 Å². The molecule has 1 aromatic rings. The monoisotopic (exact) mass is 236 g/mol. The molecule has 1 N–H and O–H groups in total. The van der Waals surface area contributed by atoms with E-state index in [1.807, 2.05) is 7.05 Å². The highest BCUT2D eigenvalue weighted by Gasteiger charge is 2.25. The number of anilines is 1. The average molecular weight is 236 g/mol. The van der Waals surface area contributed by atoms with Crippen LogP contribution >= 0.6 is 0 Å². The highest BCUT2D eigenvalue weighted by molar-refractivity contribution is 5.35. The van der Waals surface area contributed by atoms with Crippen LogP contribution in [0.3, 0.4) is 0 Å². The fourth-order valence-electron chi connectivity index (χ4n) is 2.58. The molecule has 1 aliphatic rings. The fourth-order valence-corrected chi connectivity index (χ4v) is 2.58. The molecule has 1 aromatic heterocycles. The third-order valence-electron chi connectivity index (χ3n) is 3.57. The van der Waals surface area contributed by atoms with Crippen LogP contribution in [-0.4, -0.2) is 36.2 Å². The Hall–Kier alpha value is -1.03. The summed E-state index contributed by atoms with van der Waals surface area (Å²) in [6, 6.07) is 0. The number of imidazole rings is 1. The zero-order valence-electron chi connectivity index (χ0n) is 11.2. The van der Waals surface area contributed by atoms with Crippen molar-refractivity contribution in [2.24, 2.45) is 5.92 Å². The first-order chi connectivity index (χ1) is 8.28. The van der Waals surface area contributed by atoms with Crippen LogP contribution in [0.15, 0.2) is 6.20 Å². The van der Waals surface area contributed by atoms with Crippen molar-refractivity contribution in [3.8, 4) is 0 Å². The Balaban J connectivity index is 2.09. The second-order valence-corrected chi connectivity index (χ2v) is 4.83. The molecule has 0 saturated carbocycles. The van der Waals surface area contributed by atoms with Crippen molar-refractivity contribution >= 4 is 5.95 Å². The molecule has 0 aliphatic carbocycles. The number of rotatable bonds is 5. The summed E-state index contributed by atoms with van der Waals surface area (Å²) in [4.78, 5) is 7.18. The molecule has 2 heterocycles. The van der Waals surface area contributed by atoms with Crippen LogP contribution in [-0.2, 0) is 13.0 Å². The van der Waals surface area contributed by atoms with Gasteiger partial charge in [0.2, 0.25) is 5.95 Å². The van der Waals surface area contributed by atoms with Gasteiger partial charge >= 0.3 is 0 Å². The van der Waals surface area contributed by atoms with Gasteiger partial charge in [0, 0.05) is 25.8 Å². The number of aryl methyl sites for hydroxylation is 2. The smallest absolute Gasteiger partial charge is 0.205 e. The van der Waals surface area contributed by atoms with E-state index in [1.165, 1.54) is 18.1 Å². The van der Waals surface area contributed by atoms with Gasteiger partial charge in [0.1, 0.15) is 0 Å². The normalized spacial score (nSPS) is 20.2. The molecular formula is C13H24N4. The predicted octanol–water partition coefficient (Wildman–Crippen LogP) is 1.51. The molecule has 0 spiro atoms. The molecule has 17 heavy (non-hydrogen) atoms. The molecule has 1 atom stereocenters. The SMILES string of the molecule is CCc1cn(CC)c(N2CCC(CNC)C2)n1. The lowest BCUT2D eigenvalue weighted by molar-refractivity contribution is 0.547. The van der Waals surface area contributed by atoms with E-state index in [4.69, 9.17) is 4.98 Å². The van der Waals surface area contributed by atoms with Crippen LogP contribution in [0.4, 0.5) is 5.95 Å². The second kappa shape index (κ2) is 5.54. The minimum atomic E-state index is 0.770. The van der Waals surface area contributed by atoms with E-state index in [-0.39, 0.29) is 0 Å². The summed E-state index contributed by atoms with van der Waals surface area (Å²) < 4.78 is 2.28. The molecule has 0 aromatic carbocycles. The summed E-state index contributed by atoms with van der Waals surface area (Å²) in [5, 5.41) is 3.27. The van der Waals surface area contributed by atoms with Gasteiger partial charge in [-0.2, -0.15) is 0 Å². The maximum absolute atomic E-state index is 4.74. The van der Waals surface area contributed by atoms with E-state index in [0.29, 0.717) is 0 Å². The van der Waals surface area contributed by atoms with Gasteiger partial charge in [0.25, 0.3) is 0 Å². The highest BCUT2D eigenvalue weighted by atomic mass is 15.3. The summed E-state index contributed by atoms with van der Waals surface area (Å²) >= 11 is 0. The molecule has 0 amide bonds. The first-order valence-electron chi connectivity index (χ1n) is 6.74. The lowest BCUT2D eigenvalue weighted by Gasteiger charge is -2.18. The van der Waals surface area contributed by atoms with Crippen LogP contribution < -0.4 is 10.2 Å². The van der Waals surface area contributed by atoms with Gasteiger partial charge in [-0.1, -0.05) is 6.92 Å². The largest absolute Gasteiger partial charge is 0.342 e. The van der Waals surface area contributed by atoms with E-state index < -0.39 is 0 Å². The molecule has 2 rings (SSSR count). The Morgan fingerprint density at radius 3 is 2.94 bits per heavy atom. The van der Waals surface area contributed by atoms with Gasteiger partial charge in [0.05, 0.1) is 5.69 Å². The molecular weight excluding hydrogens is 212 g/mol. The average Bonchev–Trinajstić information content (AvgIpc) is 2.94. The molecule has 1 aliphatic heterocycles. The van der Waals surface area contributed by atoms with E-state index in [0.717, 1.165) is 38.5 Å². The van der Waals surface area contributed by atoms with Gasteiger partial charge < -0.3 is 14.8 Å². The summed E-state index contributed by atoms with van der Waals surface area (Å²) in [6.07, 6.45) is 4.49. The van der Waals surface area contributed by atoms with Gasteiger partial charge in [-0.15, -0.1) is 0 Å². The van der Waals surface area contributed by atoms with Gasteiger partial charge in [-0.05, 0) is 39.3 Å². The summed E-state index contributed by atoms with van der Waals surface area (Å²) in [6.45, 7) is 8.76. The second-order valence-electron chi connectivity index (χ2n) is 4.83. The minimum Gasteiger partial charge on any atom is -0.342 e. The Morgan fingerprint density at radius 2 is 2.29 bits per heavy atom. The van der Waals surface area contributed by atoms with Crippen molar-refractivity contribution in [1.82, 2.24) is 14.9 Å². The number of hydrogen-bond donors (Lipinski definition) is 1. The first kappa shape index (κ1) is 12.4. The molecule has 1 saturated heterocycles.